The molecule has 0 aliphatic heterocycles. The zero-order valence-electron chi connectivity index (χ0n) is 12.7. The molecule has 0 radical (unpaired) electrons. The molecule has 1 aromatic rings. The molecule has 0 unspecified atom stereocenters. The monoisotopic (exact) mass is 326 g/mol. The lowest BCUT2D eigenvalue weighted by molar-refractivity contribution is 0.0696. The molecule has 0 aromatic heterocycles. The standard InChI is InChI=1S/C15H22N2O4S/c1-17(13-4-2-3-5-13)11-10-16-22(20,21)14-8-6-12(7-9-14)15(18)19/h6-9,13,16H,2-5,10-11H2,1H3,(H,18,19). The smallest absolute Gasteiger partial charge is 0.335 e. The predicted molar refractivity (Wildman–Crippen MR) is 83.5 cm³/mol. The van der Waals surface area contributed by atoms with Gasteiger partial charge in [-0.15, -0.1) is 0 Å². The van der Waals surface area contributed by atoms with Crippen molar-refractivity contribution in [1.82, 2.24) is 9.62 Å². The summed E-state index contributed by atoms with van der Waals surface area (Å²) >= 11 is 0. The second kappa shape index (κ2) is 7.21. The Hall–Kier alpha value is -1.44. The molecule has 22 heavy (non-hydrogen) atoms. The Morgan fingerprint density at radius 2 is 1.86 bits per heavy atom. The summed E-state index contributed by atoms with van der Waals surface area (Å²) in [5.74, 6) is -1.07. The number of benzene rings is 1. The van der Waals surface area contributed by atoms with E-state index in [1.165, 1.54) is 49.9 Å². The Balaban J connectivity index is 1.89. The number of nitrogens with zero attached hydrogens (tertiary/aromatic N) is 1. The summed E-state index contributed by atoms with van der Waals surface area (Å²) in [5.41, 5.74) is 0.0694. The van der Waals surface area contributed by atoms with Crippen molar-refractivity contribution < 1.29 is 18.3 Å². The van der Waals surface area contributed by atoms with E-state index in [9.17, 15) is 13.2 Å². The number of carbonyl (C=O) groups is 1. The van der Waals surface area contributed by atoms with Gasteiger partial charge in [0.2, 0.25) is 10.0 Å². The summed E-state index contributed by atoms with van der Waals surface area (Å²) in [5, 5.41) is 8.81. The fourth-order valence-corrected chi connectivity index (χ4v) is 3.77. The van der Waals surface area contributed by atoms with E-state index in [2.05, 4.69) is 9.62 Å². The van der Waals surface area contributed by atoms with Crippen molar-refractivity contribution >= 4 is 16.0 Å². The van der Waals surface area contributed by atoms with Crippen LogP contribution >= 0.6 is 0 Å². The van der Waals surface area contributed by atoms with Gasteiger partial charge >= 0.3 is 5.97 Å². The van der Waals surface area contributed by atoms with E-state index in [-0.39, 0.29) is 10.5 Å². The molecule has 0 bridgehead atoms. The maximum absolute atomic E-state index is 12.1. The molecule has 2 N–H and O–H groups in total. The van der Waals surface area contributed by atoms with Crippen LogP contribution in [0, 0.1) is 0 Å². The first kappa shape index (κ1) is 16.9. The molecule has 0 heterocycles. The highest BCUT2D eigenvalue weighted by molar-refractivity contribution is 7.89. The minimum absolute atomic E-state index is 0.0694. The SMILES string of the molecule is CN(CCNS(=O)(=O)c1ccc(C(=O)O)cc1)C1CCCC1. The van der Waals surface area contributed by atoms with Crippen LogP contribution in [-0.2, 0) is 10.0 Å². The molecule has 7 heteroatoms. The summed E-state index contributed by atoms with van der Waals surface area (Å²) < 4.78 is 26.8. The average Bonchev–Trinajstić information content (AvgIpc) is 3.01. The number of likely N-dealkylation sites (N-methyl/N-ethyl adjacent to an activating group) is 1. The van der Waals surface area contributed by atoms with Gasteiger partial charge in [0.25, 0.3) is 0 Å². The molecular formula is C15H22N2O4S. The van der Waals surface area contributed by atoms with Gasteiger partial charge in [-0.05, 0) is 44.2 Å². The Morgan fingerprint density at radius 3 is 2.41 bits per heavy atom. The fourth-order valence-electron chi connectivity index (χ4n) is 2.74. The summed E-state index contributed by atoms with van der Waals surface area (Å²) in [6, 6.07) is 5.77. The number of aromatic carboxylic acids is 1. The van der Waals surface area contributed by atoms with Crippen LogP contribution in [0.4, 0.5) is 0 Å². The molecule has 1 saturated carbocycles. The van der Waals surface area contributed by atoms with Crippen molar-refractivity contribution in [3.63, 3.8) is 0 Å². The zero-order valence-corrected chi connectivity index (χ0v) is 13.5. The first-order valence-electron chi connectivity index (χ1n) is 7.43. The summed E-state index contributed by atoms with van der Waals surface area (Å²) in [6.07, 6.45) is 4.85. The normalized spacial score (nSPS) is 16.3. The Bertz CT molecular complexity index is 607. The van der Waals surface area contributed by atoms with Crippen molar-refractivity contribution in [3.05, 3.63) is 29.8 Å². The van der Waals surface area contributed by atoms with Gasteiger partial charge in [-0.25, -0.2) is 17.9 Å². The number of rotatable bonds is 7. The van der Waals surface area contributed by atoms with Crippen LogP contribution in [0.3, 0.4) is 0 Å². The number of nitrogens with one attached hydrogen (secondary N) is 1. The van der Waals surface area contributed by atoms with E-state index in [4.69, 9.17) is 5.11 Å². The van der Waals surface area contributed by atoms with Gasteiger partial charge in [0.15, 0.2) is 0 Å². The quantitative estimate of drug-likeness (QED) is 0.793. The third kappa shape index (κ3) is 4.28. The van der Waals surface area contributed by atoms with Crippen molar-refractivity contribution in [1.29, 1.82) is 0 Å². The maximum atomic E-state index is 12.1. The lowest BCUT2D eigenvalue weighted by Gasteiger charge is -2.23. The van der Waals surface area contributed by atoms with Gasteiger partial charge < -0.3 is 10.0 Å². The number of sulfonamides is 1. The Morgan fingerprint density at radius 1 is 1.27 bits per heavy atom. The second-order valence-corrected chi connectivity index (χ2v) is 7.41. The number of hydrogen-bond donors (Lipinski definition) is 2. The average molecular weight is 326 g/mol. The van der Waals surface area contributed by atoms with Crippen molar-refractivity contribution in [3.8, 4) is 0 Å². The minimum atomic E-state index is -3.59. The maximum Gasteiger partial charge on any atom is 0.335 e. The zero-order chi connectivity index (χ0) is 16.2. The first-order valence-corrected chi connectivity index (χ1v) is 8.92. The summed E-state index contributed by atoms with van der Waals surface area (Å²) in [6.45, 7) is 1.01. The van der Waals surface area contributed by atoms with Crippen LogP contribution in [0.15, 0.2) is 29.2 Å². The topological polar surface area (TPSA) is 86.7 Å². The molecule has 0 atom stereocenters. The fraction of sp³-hybridized carbons (Fsp3) is 0.533. The molecular weight excluding hydrogens is 304 g/mol. The third-order valence-electron chi connectivity index (χ3n) is 4.12. The van der Waals surface area contributed by atoms with Crippen LogP contribution in [0.25, 0.3) is 0 Å². The molecule has 1 aliphatic rings. The van der Waals surface area contributed by atoms with Crippen LogP contribution in [0.1, 0.15) is 36.0 Å². The largest absolute Gasteiger partial charge is 0.478 e. The summed E-state index contributed by atoms with van der Waals surface area (Å²) in [7, 11) is -1.57. The number of hydrogen-bond acceptors (Lipinski definition) is 4. The lowest BCUT2D eigenvalue weighted by Crippen LogP contribution is -2.37. The molecule has 0 amide bonds. The van der Waals surface area contributed by atoms with Crippen LogP contribution < -0.4 is 4.72 Å². The Kier molecular flexibility index (Phi) is 5.55. The second-order valence-electron chi connectivity index (χ2n) is 5.65. The molecule has 1 aliphatic carbocycles. The molecule has 1 fully saturated rings. The third-order valence-corrected chi connectivity index (χ3v) is 5.59. The van der Waals surface area contributed by atoms with E-state index in [0.717, 1.165) is 0 Å². The van der Waals surface area contributed by atoms with Gasteiger partial charge in [-0.1, -0.05) is 12.8 Å². The predicted octanol–water partition coefficient (Wildman–Crippen LogP) is 1.54. The number of carboxylic acids is 1. The lowest BCUT2D eigenvalue weighted by atomic mass is 10.2. The van der Waals surface area contributed by atoms with E-state index >= 15 is 0 Å². The van der Waals surface area contributed by atoms with E-state index in [1.807, 2.05) is 7.05 Å². The van der Waals surface area contributed by atoms with Gasteiger partial charge in [0.05, 0.1) is 10.5 Å². The molecule has 122 valence electrons. The molecule has 0 saturated heterocycles. The molecule has 1 aromatic carbocycles. The van der Waals surface area contributed by atoms with E-state index in [0.29, 0.717) is 19.1 Å². The van der Waals surface area contributed by atoms with E-state index < -0.39 is 16.0 Å². The first-order chi connectivity index (χ1) is 10.4. The van der Waals surface area contributed by atoms with Gasteiger partial charge in [-0.3, -0.25) is 0 Å². The highest BCUT2D eigenvalue weighted by atomic mass is 32.2. The van der Waals surface area contributed by atoms with Crippen LogP contribution in [-0.4, -0.2) is 50.6 Å². The van der Waals surface area contributed by atoms with Gasteiger partial charge in [0.1, 0.15) is 0 Å². The Labute approximate surface area is 131 Å². The van der Waals surface area contributed by atoms with Crippen molar-refractivity contribution in [2.24, 2.45) is 0 Å². The highest BCUT2D eigenvalue weighted by Gasteiger charge is 2.20. The summed E-state index contributed by atoms with van der Waals surface area (Å²) in [4.78, 5) is 13.0. The molecule has 2 rings (SSSR count). The minimum Gasteiger partial charge on any atom is -0.478 e. The van der Waals surface area contributed by atoms with Gasteiger partial charge in [0, 0.05) is 19.1 Å². The molecule has 6 nitrogen and oxygen atoms in total. The van der Waals surface area contributed by atoms with E-state index in [1.54, 1.807) is 0 Å². The van der Waals surface area contributed by atoms with Gasteiger partial charge in [-0.2, -0.15) is 0 Å². The highest BCUT2D eigenvalue weighted by Crippen LogP contribution is 2.21. The van der Waals surface area contributed by atoms with Crippen molar-refractivity contribution in [2.75, 3.05) is 20.1 Å². The van der Waals surface area contributed by atoms with Crippen LogP contribution in [0.2, 0.25) is 0 Å². The number of carboxylic acid groups (broad SMARTS) is 1. The molecule has 0 spiro atoms. The van der Waals surface area contributed by atoms with Crippen molar-refractivity contribution in [2.45, 2.75) is 36.6 Å². The van der Waals surface area contributed by atoms with Crippen LogP contribution in [0.5, 0.6) is 0 Å².